The minimum Gasteiger partial charge on any atom is -0.412 e. The summed E-state index contributed by atoms with van der Waals surface area (Å²) in [7, 11) is 0. The van der Waals surface area contributed by atoms with Crippen LogP contribution in [0.5, 0.6) is 0 Å². The highest BCUT2D eigenvalue weighted by Gasteiger charge is 2.07. The van der Waals surface area contributed by atoms with Crippen LogP contribution in [0.15, 0.2) is 36.5 Å². The molecule has 1 aromatic carbocycles. The number of rotatable bonds is 4. The largest absolute Gasteiger partial charge is 0.412 e. The Labute approximate surface area is 111 Å². The van der Waals surface area contributed by atoms with Crippen molar-refractivity contribution in [3.63, 3.8) is 0 Å². The summed E-state index contributed by atoms with van der Waals surface area (Å²) < 4.78 is 0. The van der Waals surface area contributed by atoms with Crippen LogP contribution in [0.1, 0.15) is 16.8 Å². The van der Waals surface area contributed by atoms with E-state index in [1.54, 1.807) is 6.20 Å². The average molecular weight is 298 g/mol. The predicted molar refractivity (Wildman–Crippen MR) is 71.5 cm³/mol. The van der Waals surface area contributed by atoms with Crippen molar-refractivity contribution in [1.29, 1.82) is 0 Å². The molecule has 1 aromatic heterocycles. The van der Waals surface area contributed by atoms with E-state index in [1.807, 2.05) is 18.2 Å². The number of aryl methyl sites for hydroxylation is 2. The van der Waals surface area contributed by atoms with Crippen molar-refractivity contribution >= 4 is 17.0 Å². The van der Waals surface area contributed by atoms with Crippen LogP contribution in [-0.4, -0.2) is 15.2 Å². The van der Waals surface area contributed by atoms with Gasteiger partial charge in [-0.1, -0.05) is 30.3 Å². The van der Waals surface area contributed by atoms with Crippen LogP contribution in [0.4, 0.5) is 0 Å². The predicted octanol–water partition coefficient (Wildman–Crippen LogP) is 1.94. The van der Waals surface area contributed by atoms with Crippen LogP contribution in [0.2, 0.25) is 0 Å². The van der Waals surface area contributed by atoms with E-state index >= 15 is 0 Å². The molecule has 0 aliphatic rings. The van der Waals surface area contributed by atoms with Crippen molar-refractivity contribution in [2.24, 2.45) is 5.73 Å². The summed E-state index contributed by atoms with van der Waals surface area (Å²) in [6.07, 6.45) is 3.26. The molecule has 3 N–H and O–H groups in total. The molecule has 0 atom stereocenters. The van der Waals surface area contributed by atoms with Crippen LogP contribution in [0.3, 0.4) is 0 Å². The molecule has 17 heavy (non-hydrogen) atoms. The van der Waals surface area contributed by atoms with Crippen LogP contribution >= 0.6 is 17.0 Å². The third kappa shape index (κ3) is 3.57. The van der Waals surface area contributed by atoms with Crippen LogP contribution in [0, 0.1) is 0 Å². The van der Waals surface area contributed by atoms with Gasteiger partial charge in [-0.05, 0) is 18.4 Å². The summed E-state index contributed by atoms with van der Waals surface area (Å²) in [5.74, 6) is 0. The fourth-order valence-electron chi connectivity index (χ4n) is 1.72. The third-order valence-electron chi connectivity index (χ3n) is 2.58. The Bertz CT molecular complexity index is 456. The number of hydrogen-bond acceptors (Lipinski definition) is 3. The maximum Gasteiger partial charge on any atom is 0.0712 e. The van der Waals surface area contributed by atoms with Gasteiger partial charge in [-0.2, -0.15) is 0 Å². The summed E-state index contributed by atoms with van der Waals surface area (Å²) in [6, 6.07) is 10.2. The molecule has 5 heteroatoms. The van der Waals surface area contributed by atoms with E-state index in [1.165, 1.54) is 5.56 Å². The van der Waals surface area contributed by atoms with Crippen molar-refractivity contribution in [3.8, 4) is 0 Å². The SMILES string of the molecule is Br.NCc1cn(O)nc1CCc1ccccc1. The summed E-state index contributed by atoms with van der Waals surface area (Å²) in [4.78, 5) is 0.836. The van der Waals surface area contributed by atoms with Gasteiger partial charge in [0.2, 0.25) is 0 Å². The smallest absolute Gasteiger partial charge is 0.0712 e. The minimum absolute atomic E-state index is 0. The van der Waals surface area contributed by atoms with E-state index < -0.39 is 0 Å². The van der Waals surface area contributed by atoms with Gasteiger partial charge in [-0.3, -0.25) is 0 Å². The Kier molecular flexibility index (Phi) is 5.18. The summed E-state index contributed by atoms with van der Waals surface area (Å²) >= 11 is 0. The molecule has 0 fully saturated rings. The zero-order valence-electron chi connectivity index (χ0n) is 9.41. The van der Waals surface area contributed by atoms with E-state index in [4.69, 9.17) is 5.73 Å². The maximum atomic E-state index is 9.21. The van der Waals surface area contributed by atoms with Gasteiger partial charge in [0.1, 0.15) is 0 Å². The normalized spacial score (nSPS) is 9.94. The molecule has 0 unspecified atom stereocenters. The Hall–Kier alpha value is -1.33. The molecule has 0 aliphatic heterocycles. The molecule has 0 saturated carbocycles. The fourth-order valence-corrected chi connectivity index (χ4v) is 1.72. The monoisotopic (exact) mass is 297 g/mol. The molecular weight excluding hydrogens is 282 g/mol. The number of hydrogen-bond donors (Lipinski definition) is 2. The van der Waals surface area contributed by atoms with E-state index in [-0.39, 0.29) is 17.0 Å². The second kappa shape index (κ2) is 6.42. The van der Waals surface area contributed by atoms with E-state index in [9.17, 15) is 5.21 Å². The molecular formula is C12H16BrN3O. The number of aromatic nitrogens is 2. The van der Waals surface area contributed by atoms with E-state index in [2.05, 4.69) is 17.2 Å². The van der Waals surface area contributed by atoms with Gasteiger partial charge in [-0.25, -0.2) is 0 Å². The maximum absolute atomic E-state index is 9.21. The topological polar surface area (TPSA) is 64.1 Å². The van der Waals surface area contributed by atoms with Crippen molar-refractivity contribution in [2.45, 2.75) is 19.4 Å². The molecule has 92 valence electrons. The standard InChI is InChI=1S/C12H15N3O.BrH/c13-8-11-9-15(16)14-12(11)7-6-10-4-2-1-3-5-10;/h1-5,9,16H,6-8,13H2;1H. The van der Waals surface area contributed by atoms with Crippen molar-refractivity contribution in [1.82, 2.24) is 9.94 Å². The highest BCUT2D eigenvalue weighted by atomic mass is 79.9. The van der Waals surface area contributed by atoms with Gasteiger partial charge >= 0.3 is 0 Å². The average Bonchev–Trinajstić information content (AvgIpc) is 2.68. The summed E-state index contributed by atoms with van der Waals surface area (Å²) in [5.41, 5.74) is 8.60. The highest BCUT2D eigenvalue weighted by Crippen LogP contribution is 2.09. The Morgan fingerprint density at radius 2 is 1.88 bits per heavy atom. The lowest BCUT2D eigenvalue weighted by atomic mass is 10.1. The number of nitrogens with two attached hydrogens (primary N) is 1. The molecule has 0 spiro atoms. The molecule has 0 bridgehead atoms. The van der Waals surface area contributed by atoms with Crippen LogP contribution in [0.25, 0.3) is 0 Å². The molecule has 0 radical (unpaired) electrons. The Morgan fingerprint density at radius 3 is 2.53 bits per heavy atom. The van der Waals surface area contributed by atoms with Crippen molar-refractivity contribution in [2.75, 3.05) is 0 Å². The number of nitrogens with zero attached hydrogens (tertiary/aromatic N) is 2. The van der Waals surface area contributed by atoms with Gasteiger partial charge in [0, 0.05) is 12.1 Å². The summed E-state index contributed by atoms with van der Waals surface area (Å²) in [6.45, 7) is 0.407. The minimum atomic E-state index is 0. The van der Waals surface area contributed by atoms with Crippen LogP contribution < -0.4 is 5.73 Å². The molecule has 1 heterocycles. The molecule has 4 nitrogen and oxygen atoms in total. The Balaban J connectivity index is 0.00000144. The first kappa shape index (κ1) is 13.7. The lowest BCUT2D eigenvalue weighted by Gasteiger charge is -2.00. The molecule has 2 aromatic rings. The van der Waals surface area contributed by atoms with Gasteiger partial charge in [0.15, 0.2) is 0 Å². The first-order valence-electron chi connectivity index (χ1n) is 5.30. The second-order valence-electron chi connectivity index (χ2n) is 3.71. The molecule has 0 amide bonds. The first-order valence-corrected chi connectivity index (χ1v) is 5.30. The zero-order valence-corrected chi connectivity index (χ0v) is 11.1. The van der Waals surface area contributed by atoms with Crippen molar-refractivity contribution in [3.05, 3.63) is 53.3 Å². The molecule has 0 aliphatic carbocycles. The summed E-state index contributed by atoms with van der Waals surface area (Å²) in [5, 5.41) is 13.2. The number of halogens is 1. The lowest BCUT2D eigenvalue weighted by Crippen LogP contribution is -2.01. The van der Waals surface area contributed by atoms with Gasteiger partial charge in [0.05, 0.1) is 11.9 Å². The quantitative estimate of drug-likeness (QED) is 0.848. The van der Waals surface area contributed by atoms with E-state index in [0.717, 1.165) is 28.9 Å². The van der Waals surface area contributed by atoms with Gasteiger partial charge < -0.3 is 10.9 Å². The number of benzene rings is 1. The molecule has 0 saturated heterocycles. The first-order chi connectivity index (χ1) is 7.79. The van der Waals surface area contributed by atoms with Gasteiger partial charge in [-0.15, -0.1) is 26.9 Å². The van der Waals surface area contributed by atoms with Crippen molar-refractivity contribution < 1.29 is 5.21 Å². The van der Waals surface area contributed by atoms with E-state index in [0.29, 0.717) is 6.54 Å². The van der Waals surface area contributed by atoms with Crippen LogP contribution in [-0.2, 0) is 19.4 Å². The van der Waals surface area contributed by atoms with Gasteiger partial charge in [0.25, 0.3) is 0 Å². The Morgan fingerprint density at radius 1 is 1.18 bits per heavy atom. The lowest BCUT2D eigenvalue weighted by molar-refractivity contribution is 0.147. The fraction of sp³-hybridized carbons (Fsp3) is 0.250. The third-order valence-corrected chi connectivity index (χ3v) is 2.58. The second-order valence-corrected chi connectivity index (χ2v) is 3.71. The zero-order chi connectivity index (χ0) is 11.4. The highest BCUT2D eigenvalue weighted by molar-refractivity contribution is 8.93. The molecule has 2 rings (SSSR count).